The Morgan fingerprint density at radius 3 is 3.20 bits per heavy atom. The molecule has 84 valence electrons. The van der Waals surface area contributed by atoms with E-state index in [1.165, 1.54) is 0 Å². The van der Waals surface area contributed by atoms with E-state index in [1.807, 2.05) is 6.92 Å². The summed E-state index contributed by atoms with van der Waals surface area (Å²) in [6.45, 7) is 3.16. The number of rotatable bonds is 3. The molecule has 1 heterocycles. The zero-order chi connectivity index (χ0) is 11.1. The van der Waals surface area contributed by atoms with Crippen LogP contribution in [0.1, 0.15) is 13.3 Å². The molecule has 0 aliphatic carbocycles. The minimum Gasteiger partial charge on any atom is -0.470 e. The standard InChI is InChI=1S/C8H13N3O4/c1-2-3-10-8(13)15-11-7-6(12)9-4-5-14-7/h2-5H2,1H3,(H,9,12)(H,10,13). The van der Waals surface area contributed by atoms with Gasteiger partial charge in [0.05, 0.1) is 6.54 Å². The molecule has 0 aromatic carbocycles. The monoisotopic (exact) mass is 215 g/mol. The maximum absolute atomic E-state index is 11.0. The lowest BCUT2D eigenvalue weighted by Crippen LogP contribution is -2.41. The Morgan fingerprint density at radius 2 is 2.53 bits per heavy atom. The molecule has 0 unspecified atom stereocenters. The van der Waals surface area contributed by atoms with Gasteiger partial charge in [-0.1, -0.05) is 6.92 Å². The molecule has 1 aliphatic rings. The maximum Gasteiger partial charge on any atom is 0.433 e. The van der Waals surface area contributed by atoms with Gasteiger partial charge in [-0.15, -0.1) is 0 Å². The van der Waals surface area contributed by atoms with Crippen LogP contribution < -0.4 is 10.6 Å². The van der Waals surface area contributed by atoms with Gasteiger partial charge in [0.15, 0.2) is 0 Å². The van der Waals surface area contributed by atoms with E-state index in [0.717, 1.165) is 6.42 Å². The van der Waals surface area contributed by atoms with Gasteiger partial charge in [-0.25, -0.2) is 4.79 Å². The summed E-state index contributed by atoms with van der Waals surface area (Å²) in [5.41, 5.74) is 0. The molecular formula is C8H13N3O4. The predicted octanol–water partition coefficient (Wildman–Crippen LogP) is -0.417. The first-order valence-corrected chi connectivity index (χ1v) is 4.68. The average molecular weight is 215 g/mol. The summed E-state index contributed by atoms with van der Waals surface area (Å²) in [5, 5.41) is 8.21. The molecule has 0 atom stereocenters. The molecular weight excluding hydrogens is 202 g/mol. The van der Waals surface area contributed by atoms with E-state index in [4.69, 9.17) is 4.74 Å². The minimum absolute atomic E-state index is 0.229. The van der Waals surface area contributed by atoms with Crippen molar-refractivity contribution < 1.29 is 19.2 Å². The lowest BCUT2D eigenvalue weighted by molar-refractivity contribution is -0.117. The smallest absolute Gasteiger partial charge is 0.433 e. The van der Waals surface area contributed by atoms with Crippen LogP contribution in [0.5, 0.6) is 0 Å². The summed E-state index contributed by atoms with van der Waals surface area (Å²) in [4.78, 5) is 26.4. The lowest BCUT2D eigenvalue weighted by Gasteiger charge is -2.13. The highest BCUT2D eigenvalue weighted by Gasteiger charge is 2.18. The van der Waals surface area contributed by atoms with Crippen LogP contribution in [0.4, 0.5) is 4.79 Å². The van der Waals surface area contributed by atoms with Crippen molar-refractivity contribution in [2.75, 3.05) is 19.7 Å². The minimum atomic E-state index is -0.702. The number of carbonyl (C=O) groups is 2. The number of carbonyl (C=O) groups excluding carboxylic acids is 2. The normalized spacial score (nSPS) is 17.9. The Hall–Kier alpha value is -1.79. The molecule has 1 aliphatic heterocycles. The summed E-state index contributed by atoms with van der Waals surface area (Å²) in [6.07, 6.45) is 0.0918. The van der Waals surface area contributed by atoms with Crippen molar-refractivity contribution in [1.82, 2.24) is 10.6 Å². The second-order valence-corrected chi connectivity index (χ2v) is 2.81. The molecule has 7 heteroatoms. The summed E-state index contributed by atoms with van der Waals surface area (Å²) in [7, 11) is 0. The first-order valence-electron chi connectivity index (χ1n) is 4.68. The number of nitrogens with zero attached hydrogens (tertiary/aromatic N) is 1. The van der Waals surface area contributed by atoms with Gasteiger partial charge in [0.2, 0.25) is 0 Å². The van der Waals surface area contributed by atoms with Crippen molar-refractivity contribution in [3.05, 3.63) is 0 Å². The first-order chi connectivity index (χ1) is 7.24. The number of oxime groups is 1. The van der Waals surface area contributed by atoms with Crippen molar-refractivity contribution in [1.29, 1.82) is 0 Å². The Labute approximate surface area is 86.8 Å². The molecule has 0 aromatic heterocycles. The highest BCUT2D eigenvalue weighted by molar-refractivity contribution is 6.35. The third kappa shape index (κ3) is 3.84. The van der Waals surface area contributed by atoms with Crippen molar-refractivity contribution in [2.45, 2.75) is 13.3 Å². The van der Waals surface area contributed by atoms with Gasteiger partial charge in [0, 0.05) is 6.54 Å². The fourth-order valence-corrected chi connectivity index (χ4v) is 0.863. The molecule has 2 amide bonds. The quantitative estimate of drug-likeness (QED) is 0.494. The van der Waals surface area contributed by atoms with Crippen LogP contribution in [-0.4, -0.2) is 37.6 Å². The van der Waals surface area contributed by atoms with E-state index in [0.29, 0.717) is 19.7 Å². The zero-order valence-corrected chi connectivity index (χ0v) is 8.41. The third-order valence-corrected chi connectivity index (χ3v) is 1.55. The number of amides is 2. The fourth-order valence-electron chi connectivity index (χ4n) is 0.863. The second kappa shape index (κ2) is 5.84. The van der Waals surface area contributed by atoms with Gasteiger partial charge in [-0.2, -0.15) is 0 Å². The predicted molar refractivity (Wildman–Crippen MR) is 51.2 cm³/mol. The molecule has 7 nitrogen and oxygen atoms in total. The van der Waals surface area contributed by atoms with E-state index in [-0.39, 0.29) is 5.90 Å². The fraction of sp³-hybridized carbons (Fsp3) is 0.625. The van der Waals surface area contributed by atoms with Crippen LogP contribution in [0.2, 0.25) is 0 Å². The molecule has 1 fully saturated rings. The van der Waals surface area contributed by atoms with Crippen LogP contribution in [0.15, 0.2) is 5.16 Å². The van der Waals surface area contributed by atoms with Gasteiger partial charge >= 0.3 is 17.9 Å². The molecule has 0 aromatic rings. The van der Waals surface area contributed by atoms with Crippen LogP contribution in [0.25, 0.3) is 0 Å². The van der Waals surface area contributed by atoms with Crippen LogP contribution in [-0.2, 0) is 14.4 Å². The summed E-state index contributed by atoms with van der Waals surface area (Å²) >= 11 is 0. The highest BCUT2D eigenvalue weighted by atomic mass is 16.7. The average Bonchev–Trinajstić information content (AvgIpc) is 2.25. The maximum atomic E-state index is 11.0. The number of nitrogens with one attached hydrogen (secondary N) is 2. The Morgan fingerprint density at radius 1 is 1.73 bits per heavy atom. The van der Waals surface area contributed by atoms with Crippen molar-refractivity contribution in [2.24, 2.45) is 5.16 Å². The van der Waals surface area contributed by atoms with E-state index < -0.39 is 12.0 Å². The van der Waals surface area contributed by atoms with E-state index >= 15 is 0 Å². The van der Waals surface area contributed by atoms with Gasteiger partial charge in [0.25, 0.3) is 0 Å². The molecule has 15 heavy (non-hydrogen) atoms. The molecule has 0 spiro atoms. The highest BCUT2D eigenvalue weighted by Crippen LogP contribution is 1.91. The molecule has 0 saturated carbocycles. The molecule has 2 N–H and O–H groups in total. The molecule has 0 radical (unpaired) electrons. The lowest BCUT2D eigenvalue weighted by atomic mass is 10.5. The third-order valence-electron chi connectivity index (χ3n) is 1.55. The van der Waals surface area contributed by atoms with Gasteiger partial charge in [0.1, 0.15) is 6.61 Å². The first kappa shape index (κ1) is 11.3. The van der Waals surface area contributed by atoms with Gasteiger partial charge < -0.3 is 15.4 Å². The van der Waals surface area contributed by atoms with E-state index in [9.17, 15) is 9.59 Å². The van der Waals surface area contributed by atoms with Crippen LogP contribution in [0, 0.1) is 0 Å². The summed E-state index contributed by atoms with van der Waals surface area (Å²) < 4.78 is 4.88. The number of ether oxygens (including phenoxy) is 1. The van der Waals surface area contributed by atoms with E-state index in [2.05, 4.69) is 20.6 Å². The SMILES string of the molecule is CCCNC(=O)ON=C1OCCNC1=O. The molecule has 1 rings (SSSR count). The van der Waals surface area contributed by atoms with Gasteiger partial charge in [-0.3, -0.25) is 9.63 Å². The number of hydrogen-bond acceptors (Lipinski definition) is 5. The zero-order valence-electron chi connectivity index (χ0n) is 8.41. The van der Waals surface area contributed by atoms with Gasteiger partial charge in [-0.05, 0) is 11.6 Å². The Kier molecular flexibility index (Phi) is 4.39. The molecule has 1 saturated heterocycles. The summed E-state index contributed by atoms with van der Waals surface area (Å²) in [6, 6.07) is 0. The number of hydrogen-bond donors (Lipinski definition) is 2. The molecule has 0 bridgehead atoms. The Bertz CT molecular complexity index is 277. The largest absolute Gasteiger partial charge is 0.470 e. The number of morpholine rings is 1. The van der Waals surface area contributed by atoms with Crippen molar-refractivity contribution >= 4 is 17.9 Å². The van der Waals surface area contributed by atoms with Crippen LogP contribution in [0.3, 0.4) is 0 Å². The Balaban J connectivity index is 2.35. The van der Waals surface area contributed by atoms with Crippen molar-refractivity contribution in [3.63, 3.8) is 0 Å². The second-order valence-electron chi connectivity index (χ2n) is 2.81. The van der Waals surface area contributed by atoms with Crippen LogP contribution >= 0.6 is 0 Å². The summed E-state index contributed by atoms with van der Waals surface area (Å²) in [5.74, 6) is -0.711. The topological polar surface area (TPSA) is 89.0 Å². The van der Waals surface area contributed by atoms with E-state index in [1.54, 1.807) is 0 Å². The van der Waals surface area contributed by atoms with Crippen molar-refractivity contribution in [3.8, 4) is 0 Å².